The van der Waals surface area contributed by atoms with Gasteiger partial charge in [-0.25, -0.2) is 0 Å². The minimum Gasteiger partial charge on any atom is -0.454 e. The van der Waals surface area contributed by atoms with Gasteiger partial charge in [-0.2, -0.15) is 0 Å². The Balaban J connectivity index is 1.44. The predicted molar refractivity (Wildman–Crippen MR) is 107 cm³/mol. The van der Waals surface area contributed by atoms with Crippen LogP contribution in [-0.4, -0.2) is 33.7 Å². The summed E-state index contributed by atoms with van der Waals surface area (Å²) in [6.45, 7) is 0.795. The molecule has 2 aliphatic heterocycles. The number of rotatable bonds is 5. The summed E-state index contributed by atoms with van der Waals surface area (Å²) in [6.07, 6.45) is 1.30. The normalized spacial score (nSPS) is 18.7. The molecular weight excluding hydrogens is 390 g/mol. The molecule has 0 spiro atoms. The zero-order valence-corrected chi connectivity index (χ0v) is 16.2. The van der Waals surface area contributed by atoms with Crippen molar-refractivity contribution in [3.8, 4) is 11.5 Å². The third-order valence-corrected chi connectivity index (χ3v) is 6.35. The van der Waals surface area contributed by atoms with Crippen molar-refractivity contribution in [3.63, 3.8) is 0 Å². The van der Waals surface area contributed by atoms with Gasteiger partial charge in [0, 0.05) is 17.6 Å². The fraction of sp³-hybridized carbons (Fsp3) is 0.263. The first-order valence-corrected chi connectivity index (χ1v) is 9.92. The van der Waals surface area contributed by atoms with Crippen molar-refractivity contribution in [2.75, 3.05) is 13.3 Å². The van der Waals surface area contributed by atoms with E-state index in [0.29, 0.717) is 33.8 Å². The van der Waals surface area contributed by atoms with Crippen LogP contribution in [0.5, 0.6) is 11.5 Å². The lowest BCUT2D eigenvalue weighted by Gasteiger charge is -2.16. The molecule has 0 bridgehead atoms. The Morgan fingerprint density at radius 2 is 1.92 bits per heavy atom. The maximum absolute atomic E-state index is 12.8. The Morgan fingerprint density at radius 1 is 1.19 bits per heavy atom. The summed E-state index contributed by atoms with van der Waals surface area (Å²) in [4.78, 5) is 14.5. The molecule has 0 aliphatic carbocycles. The second-order valence-corrected chi connectivity index (χ2v) is 8.34. The highest BCUT2D eigenvalue weighted by atomic mass is 35.5. The van der Waals surface area contributed by atoms with E-state index in [2.05, 4.69) is 12.1 Å². The number of hydrogen-bond donors (Lipinski definition) is 0. The number of halogens is 1. The molecule has 0 unspecified atom stereocenters. The summed E-state index contributed by atoms with van der Waals surface area (Å²) in [7, 11) is 0. The topological polar surface area (TPSA) is 38.8 Å². The summed E-state index contributed by atoms with van der Waals surface area (Å²) in [6, 6.07) is 13.7. The predicted octanol–water partition coefficient (Wildman–Crippen LogP) is 4.08. The molecular formula is C19H16ClNO3S2. The molecule has 1 saturated heterocycles. The van der Waals surface area contributed by atoms with Crippen molar-refractivity contribution in [1.29, 1.82) is 0 Å². The maximum atomic E-state index is 12.8. The monoisotopic (exact) mass is 405 g/mol. The van der Waals surface area contributed by atoms with E-state index in [0.717, 1.165) is 12.0 Å². The molecule has 0 radical (unpaired) electrons. The minimum absolute atomic E-state index is 0.0460. The minimum atomic E-state index is -0.254. The first-order valence-electron chi connectivity index (χ1n) is 8.26. The van der Waals surface area contributed by atoms with Crippen molar-refractivity contribution in [2.45, 2.75) is 18.1 Å². The number of nitrogens with zero attached hydrogens (tertiary/aromatic N) is 1. The zero-order chi connectivity index (χ0) is 18.1. The van der Waals surface area contributed by atoms with Gasteiger partial charge in [0.15, 0.2) is 11.5 Å². The Kier molecular flexibility index (Phi) is 5.07. The molecule has 0 saturated carbocycles. The van der Waals surface area contributed by atoms with Crippen molar-refractivity contribution in [1.82, 2.24) is 4.90 Å². The quantitative estimate of drug-likeness (QED) is 0.701. The molecule has 2 aromatic carbocycles. The van der Waals surface area contributed by atoms with Gasteiger partial charge in [0.05, 0.1) is 5.25 Å². The molecule has 4 rings (SSSR count). The van der Waals surface area contributed by atoms with Gasteiger partial charge in [0.2, 0.25) is 12.7 Å². The number of carbonyl (C=O) groups excluding carboxylic acids is 1. The number of amides is 1. The van der Waals surface area contributed by atoms with E-state index < -0.39 is 0 Å². The van der Waals surface area contributed by atoms with Crippen LogP contribution in [0.3, 0.4) is 0 Å². The fourth-order valence-corrected chi connectivity index (χ4v) is 4.83. The van der Waals surface area contributed by atoms with E-state index in [9.17, 15) is 4.79 Å². The van der Waals surface area contributed by atoms with Gasteiger partial charge in [-0.3, -0.25) is 9.69 Å². The van der Waals surface area contributed by atoms with Crippen LogP contribution in [-0.2, 0) is 17.6 Å². The van der Waals surface area contributed by atoms with E-state index in [-0.39, 0.29) is 18.0 Å². The summed E-state index contributed by atoms with van der Waals surface area (Å²) >= 11 is 13.2. The van der Waals surface area contributed by atoms with Crippen LogP contribution in [0.4, 0.5) is 0 Å². The van der Waals surface area contributed by atoms with Gasteiger partial charge >= 0.3 is 0 Å². The molecule has 1 atom stereocenters. The molecule has 0 N–H and O–H groups in total. The lowest BCUT2D eigenvalue weighted by Crippen LogP contribution is -2.33. The number of thiocarbonyl (C=S) groups is 1. The van der Waals surface area contributed by atoms with Crippen LogP contribution in [0.15, 0.2) is 42.5 Å². The van der Waals surface area contributed by atoms with Gasteiger partial charge in [-0.15, -0.1) is 0 Å². The van der Waals surface area contributed by atoms with Gasteiger partial charge < -0.3 is 9.47 Å². The fourth-order valence-electron chi connectivity index (χ4n) is 3.03. The third-order valence-electron chi connectivity index (χ3n) is 4.42. The second-order valence-electron chi connectivity index (χ2n) is 6.10. The average Bonchev–Trinajstić information content (AvgIpc) is 3.19. The molecule has 134 valence electrons. The summed E-state index contributed by atoms with van der Waals surface area (Å²) in [5.41, 5.74) is 2.06. The van der Waals surface area contributed by atoms with E-state index >= 15 is 0 Å². The molecule has 2 aliphatic rings. The standard InChI is InChI=1S/C19H16ClNO3S2/c20-14-10-16-15(23-11-24-16)8-13(14)9-17-18(22)21(19(25)26-17)7-6-12-4-2-1-3-5-12/h1-5,8,10,17H,6-7,9,11H2/t17-/m1/s1. The molecule has 2 aromatic rings. The van der Waals surface area contributed by atoms with Crippen molar-refractivity contribution in [3.05, 3.63) is 58.6 Å². The lowest BCUT2D eigenvalue weighted by atomic mass is 10.1. The Morgan fingerprint density at radius 3 is 2.69 bits per heavy atom. The van der Waals surface area contributed by atoms with Gasteiger partial charge in [-0.05, 0) is 30.0 Å². The van der Waals surface area contributed by atoms with Crippen LogP contribution in [0, 0.1) is 0 Å². The smallest absolute Gasteiger partial charge is 0.241 e. The van der Waals surface area contributed by atoms with E-state index in [1.54, 1.807) is 11.0 Å². The molecule has 2 heterocycles. The van der Waals surface area contributed by atoms with Crippen molar-refractivity contribution < 1.29 is 14.3 Å². The molecule has 1 fully saturated rings. The molecule has 4 nitrogen and oxygen atoms in total. The van der Waals surface area contributed by atoms with Crippen LogP contribution in [0.2, 0.25) is 5.02 Å². The van der Waals surface area contributed by atoms with Crippen LogP contribution >= 0.6 is 35.6 Å². The highest BCUT2D eigenvalue weighted by molar-refractivity contribution is 8.24. The summed E-state index contributed by atoms with van der Waals surface area (Å²) < 4.78 is 11.4. The van der Waals surface area contributed by atoms with Crippen molar-refractivity contribution >= 4 is 45.8 Å². The van der Waals surface area contributed by atoms with Crippen molar-refractivity contribution in [2.24, 2.45) is 0 Å². The van der Waals surface area contributed by atoms with Gasteiger partial charge in [0.1, 0.15) is 4.32 Å². The highest BCUT2D eigenvalue weighted by Gasteiger charge is 2.37. The Hall–Kier alpha value is -1.76. The van der Waals surface area contributed by atoms with Crippen LogP contribution in [0.1, 0.15) is 11.1 Å². The Labute approximate surface area is 166 Å². The average molecular weight is 406 g/mol. The first-order chi connectivity index (χ1) is 12.6. The lowest BCUT2D eigenvalue weighted by molar-refractivity contribution is -0.126. The van der Waals surface area contributed by atoms with Gasteiger partial charge in [0.25, 0.3) is 0 Å². The van der Waals surface area contributed by atoms with Crippen LogP contribution < -0.4 is 9.47 Å². The maximum Gasteiger partial charge on any atom is 0.241 e. The molecule has 7 heteroatoms. The van der Waals surface area contributed by atoms with E-state index in [1.807, 2.05) is 24.3 Å². The Bertz CT molecular complexity index is 859. The second kappa shape index (κ2) is 7.47. The van der Waals surface area contributed by atoms with Crippen LogP contribution in [0.25, 0.3) is 0 Å². The van der Waals surface area contributed by atoms with E-state index in [1.165, 1.54) is 17.3 Å². The van der Waals surface area contributed by atoms with E-state index in [4.69, 9.17) is 33.3 Å². The molecule has 1 amide bonds. The summed E-state index contributed by atoms with van der Waals surface area (Å²) in [5, 5.41) is 0.326. The largest absolute Gasteiger partial charge is 0.454 e. The number of carbonyl (C=O) groups is 1. The number of hydrogen-bond acceptors (Lipinski definition) is 5. The zero-order valence-electron chi connectivity index (χ0n) is 13.8. The van der Waals surface area contributed by atoms with Gasteiger partial charge in [-0.1, -0.05) is 65.9 Å². The number of fused-ring (bicyclic) bond motifs is 1. The number of ether oxygens (including phenoxy) is 2. The highest BCUT2D eigenvalue weighted by Crippen LogP contribution is 2.39. The number of benzene rings is 2. The summed E-state index contributed by atoms with van der Waals surface area (Å²) in [5.74, 6) is 1.36. The first kappa shape index (κ1) is 17.6. The third kappa shape index (κ3) is 3.54. The molecule has 0 aromatic heterocycles. The number of thioether (sulfide) groups is 1. The SMILES string of the molecule is O=C1[C@@H](Cc2cc3c(cc2Cl)OCO3)SC(=S)N1CCc1ccccc1. The molecule has 26 heavy (non-hydrogen) atoms.